The maximum atomic E-state index is 12.5. The zero-order valence-corrected chi connectivity index (χ0v) is 11.5. The van der Waals surface area contributed by atoms with Crippen LogP contribution in [-0.4, -0.2) is 33.4 Å². The zero-order valence-electron chi connectivity index (χ0n) is 11.5. The van der Waals surface area contributed by atoms with Crippen molar-refractivity contribution in [3.8, 4) is 0 Å². The van der Waals surface area contributed by atoms with Crippen LogP contribution in [0.5, 0.6) is 0 Å². The van der Waals surface area contributed by atoms with Gasteiger partial charge in [-0.2, -0.15) is 0 Å². The van der Waals surface area contributed by atoms with Crippen LogP contribution in [0.25, 0.3) is 11.0 Å². The number of hydrogen-bond acceptors (Lipinski definition) is 2. The molecule has 1 aliphatic rings. The van der Waals surface area contributed by atoms with Crippen molar-refractivity contribution in [1.82, 2.24) is 14.5 Å². The molecule has 0 unspecified atom stereocenters. The van der Waals surface area contributed by atoms with Gasteiger partial charge in [-0.05, 0) is 30.9 Å². The number of rotatable bonds is 1. The van der Waals surface area contributed by atoms with Crippen LogP contribution in [0.3, 0.4) is 0 Å². The SMILES string of the molecule is CC1CCN(C(=O)c2nc3ccccc3n2C)CC1. The van der Waals surface area contributed by atoms with Crippen LogP contribution >= 0.6 is 0 Å². The van der Waals surface area contributed by atoms with Gasteiger partial charge >= 0.3 is 0 Å². The van der Waals surface area contributed by atoms with Crippen molar-refractivity contribution in [2.24, 2.45) is 13.0 Å². The number of piperidine rings is 1. The van der Waals surface area contributed by atoms with E-state index in [0.29, 0.717) is 5.82 Å². The van der Waals surface area contributed by atoms with Crippen LogP contribution in [0.15, 0.2) is 24.3 Å². The molecule has 0 aliphatic carbocycles. The Labute approximate surface area is 113 Å². The number of amides is 1. The second-order valence-corrected chi connectivity index (χ2v) is 5.46. The summed E-state index contributed by atoms with van der Waals surface area (Å²) in [5.74, 6) is 1.34. The molecular weight excluding hydrogens is 238 g/mol. The largest absolute Gasteiger partial charge is 0.336 e. The van der Waals surface area contributed by atoms with Crippen molar-refractivity contribution in [2.45, 2.75) is 19.8 Å². The lowest BCUT2D eigenvalue weighted by atomic mass is 9.99. The van der Waals surface area contributed by atoms with Crippen molar-refractivity contribution < 1.29 is 4.79 Å². The van der Waals surface area contributed by atoms with Gasteiger partial charge in [-0.15, -0.1) is 0 Å². The third-order valence-electron chi connectivity index (χ3n) is 4.05. The Kier molecular flexibility index (Phi) is 3.01. The summed E-state index contributed by atoms with van der Waals surface area (Å²) in [6.07, 6.45) is 2.19. The zero-order chi connectivity index (χ0) is 13.4. The van der Waals surface area contributed by atoms with Gasteiger partial charge in [0.1, 0.15) is 0 Å². The summed E-state index contributed by atoms with van der Waals surface area (Å²) in [7, 11) is 1.91. The predicted octanol–water partition coefficient (Wildman–Crippen LogP) is 2.45. The van der Waals surface area contributed by atoms with Gasteiger partial charge in [0.2, 0.25) is 0 Å². The van der Waals surface area contributed by atoms with Crippen molar-refractivity contribution in [3.63, 3.8) is 0 Å². The number of aromatic nitrogens is 2. The highest BCUT2D eigenvalue weighted by Gasteiger charge is 2.24. The van der Waals surface area contributed by atoms with Crippen LogP contribution in [0.2, 0.25) is 0 Å². The fourth-order valence-electron chi connectivity index (χ4n) is 2.69. The molecule has 2 heterocycles. The second kappa shape index (κ2) is 4.68. The van der Waals surface area contributed by atoms with E-state index < -0.39 is 0 Å². The molecule has 1 aromatic heterocycles. The Bertz CT molecular complexity index is 609. The summed E-state index contributed by atoms with van der Waals surface area (Å²) < 4.78 is 1.90. The van der Waals surface area contributed by atoms with E-state index in [1.54, 1.807) is 0 Å². The van der Waals surface area contributed by atoms with E-state index in [1.807, 2.05) is 40.8 Å². The van der Waals surface area contributed by atoms with Gasteiger partial charge in [-0.3, -0.25) is 4.79 Å². The molecule has 1 fully saturated rings. The molecule has 4 heteroatoms. The standard InChI is InChI=1S/C15H19N3O/c1-11-7-9-18(10-8-11)15(19)14-16-12-5-3-4-6-13(12)17(14)2/h3-6,11H,7-10H2,1-2H3. The van der Waals surface area contributed by atoms with E-state index in [1.165, 1.54) is 0 Å². The van der Waals surface area contributed by atoms with Gasteiger partial charge in [0.05, 0.1) is 11.0 Å². The average molecular weight is 257 g/mol. The topological polar surface area (TPSA) is 38.1 Å². The quantitative estimate of drug-likeness (QED) is 0.787. The fraction of sp³-hybridized carbons (Fsp3) is 0.467. The second-order valence-electron chi connectivity index (χ2n) is 5.46. The van der Waals surface area contributed by atoms with Crippen molar-refractivity contribution in [3.05, 3.63) is 30.1 Å². The Morgan fingerprint density at radius 3 is 2.63 bits per heavy atom. The molecule has 0 bridgehead atoms. The third kappa shape index (κ3) is 2.11. The van der Waals surface area contributed by atoms with E-state index >= 15 is 0 Å². The monoisotopic (exact) mass is 257 g/mol. The van der Waals surface area contributed by atoms with Gasteiger partial charge in [0, 0.05) is 20.1 Å². The molecule has 19 heavy (non-hydrogen) atoms. The van der Waals surface area contributed by atoms with Crippen LogP contribution in [-0.2, 0) is 7.05 Å². The van der Waals surface area contributed by atoms with E-state index in [-0.39, 0.29) is 5.91 Å². The van der Waals surface area contributed by atoms with Crippen LogP contribution in [0.1, 0.15) is 30.4 Å². The van der Waals surface area contributed by atoms with Crippen molar-refractivity contribution >= 4 is 16.9 Å². The number of carbonyl (C=O) groups is 1. The maximum Gasteiger partial charge on any atom is 0.289 e. The van der Waals surface area contributed by atoms with E-state index in [2.05, 4.69) is 11.9 Å². The van der Waals surface area contributed by atoms with Gasteiger partial charge < -0.3 is 9.47 Å². The summed E-state index contributed by atoms with van der Waals surface area (Å²) in [5.41, 5.74) is 1.90. The number of fused-ring (bicyclic) bond motifs is 1. The van der Waals surface area contributed by atoms with E-state index in [0.717, 1.165) is 42.9 Å². The maximum absolute atomic E-state index is 12.5. The minimum atomic E-state index is 0.0607. The number of hydrogen-bond donors (Lipinski definition) is 0. The fourth-order valence-corrected chi connectivity index (χ4v) is 2.69. The van der Waals surface area contributed by atoms with Crippen LogP contribution in [0.4, 0.5) is 0 Å². The van der Waals surface area contributed by atoms with Crippen LogP contribution in [0, 0.1) is 5.92 Å². The molecular formula is C15H19N3O. The minimum absolute atomic E-state index is 0.0607. The first kappa shape index (κ1) is 12.2. The molecule has 3 rings (SSSR count). The summed E-state index contributed by atoms with van der Waals surface area (Å²) in [5, 5.41) is 0. The van der Waals surface area contributed by atoms with Crippen LogP contribution < -0.4 is 0 Å². The molecule has 0 N–H and O–H groups in total. The van der Waals surface area contributed by atoms with Crippen molar-refractivity contribution in [1.29, 1.82) is 0 Å². The molecule has 1 saturated heterocycles. The molecule has 1 aromatic carbocycles. The number of aryl methyl sites for hydroxylation is 1. The number of likely N-dealkylation sites (tertiary alicyclic amines) is 1. The molecule has 1 amide bonds. The van der Waals surface area contributed by atoms with E-state index in [9.17, 15) is 4.79 Å². The number of benzene rings is 1. The highest BCUT2D eigenvalue weighted by atomic mass is 16.2. The van der Waals surface area contributed by atoms with Gasteiger partial charge in [0.15, 0.2) is 5.82 Å². The summed E-state index contributed by atoms with van der Waals surface area (Å²) >= 11 is 0. The number of para-hydroxylation sites is 2. The Hall–Kier alpha value is -1.84. The normalized spacial score (nSPS) is 17.1. The molecule has 1 aliphatic heterocycles. The lowest BCUT2D eigenvalue weighted by Crippen LogP contribution is -2.39. The van der Waals surface area contributed by atoms with Gasteiger partial charge in [-0.1, -0.05) is 19.1 Å². The molecule has 0 saturated carbocycles. The first-order valence-electron chi connectivity index (χ1n) is 6.87. The number of carbonyl (C=O) groups excluding carboxylic acids is 1. The molecule has 100 valence electrons. The first-order chi connectivity index (χ1) is 9.16. The number of imidazole rings is 1. The minimum Gasteiger partial charge on any atom is -0.336 e. The smallest absolute Gasteiger partial charge is 0.289 e. The lowest BCUT2D eigenvalue weighted by Gasteiger charge is -2.29. The van der Waals surface area contributed by atoms with E-state index in [4.69, 9.17) is 0 Å². The Morgan fingerprint density at radius 1 is 1.26 bits per heavy atom. The highest BCUT2D eigenvalue weighted by Crippen LogP contribution is 2.20. The number of nitrogens with zero attached hydrogens (tertiary/aromatic N) is 3. The molecule has 4 nitrogen and oxygen atoms in total. The van der Waals surface area contributed by atoms with Crippen molar-refractivity contribution in [2.75, 3.05) is 13.1 Å². The highest BCUT2D eigenvalue weighted by molar-refractivity contribution is 5.94. The molecule has 0 atom stereocenters. The predicted molar refractivity (Wildman–Crippen MR) is 75.0 cm³/mol. The summed E-state index contributed by atoms with van der Waals surface area (Å²) in [6.45, 7) is 3.95. The molecule has 2 aromatic rings. The third-order valence-corrected chi connectivity index (χ3v) is 4.05. The lowest BCUT2D eigenvalue weighted by molar-refractivity contribution is 0.0682. The molecule has 0 spiro atoms. The summed E-state index contributed by atoms with van der Waals surface area (Å²) in [6, 6.07) is 7.87. The molecule has 0 radical (unpaired) electrons. The Balaban J connectivity index is 1.91. The summed E-state index contributed by atoms with van der Waals surface area (Å²) in [4.78, 5) is 18.9. The average Bonchev–Trinajstić information content (AvgIpc) is 2.77. The van der Waals surface area contributed by atoms with Gasteiger partial charge in [0.25, 0.3) is 5.91 Å². The first-order valence-corrected chi connectivity index (χ1v) is 6.87. The Morgan fingerprint density at radius 2 is 1.95 bits per heavy atom. The van der Waals surface area contributed by atoms with Gasteiger partial charge in [-0.25, -0.2) is 4.98 Å².